The van der Waals surface area contributed by atoms with Crippen LogP contribution in [0.2, 0.25) is 0 Å². The fourth-order valence-electron chi connectivity index (χ4n) is 9.05. The molecular formula is C57H37Br2NO2. The molecule has 0 radical (unpaired) electrons. The van der Waals surface area contributed by atoms with Crippen molar-refractivity contribution in [2.24, 2.45) is 0 Å². The molecule has 0 saturated carbocycles. The van der Waals surface area contributed by atoms with Gasteiger partial charge in [-0.05, 0) is 105 Å². The first kappa shape index (κ1) is 38.0. The summed E-state index contributed by atoms with van der Waals surface area (Å²) in [6.45, 7) is 0. The zero-order chi connectivity index (χ0) is 41.6. The summed E-state index contributed by atoms with van der Waals surface area (Å²) in [4.78, 5) is 2.27. The van der Waals surface area contributed by atoms with Crippen LogP contribution < -0.4 is 4.90 Å². The van der Waals surface area contributed by atoms with Crippen molar-refractivity contribution in [1.29, 1.82) is 0 Å². The number of halogens is 2. The third kappa shape index (κ3) is 6.84. The fraction of sp³-hybridized carbons (Fsp3) is 0.0175. The van der Waals surface area contributed by atoms with Gasteiger partial charge >= 0.3 is 0 Å². The number of fused-ring (bicyclic) bond motifs is 10. The Morgan fingerprint density at radius 3 is 1.37 bits per heavy atom. The van der Waals surface area contributed by atoms with Gasteiger partial charge in [-0.1, -0.05) is 177 Å². The lowest BCUT2D eigenvalue weighted by Crippen LogP contribution is -2.09. The molecule has 0 aliphatic rings. The van der Waals surface area contributed by atoms with E-state index in [-0.39, 0.29) is 5.92 Å². The monoisotopic (exact) mass is 925 g/mol. The second-order valence-corrected chi connectivity index (χ2v) is 17.2. The van der Waals surface area contributed by atoms with Crippen molar-refractivity contribution >= 4 is 114 Å². The van der Waals surface area contributed by atoms with E-state index >= 15 is 0 Å². The van der Waals surface area contributed by atoms with Crippen molar-refractivity contribution in [2.75, 3.05) is 4.90 Å². The first-order valence-electron chi connectivity index (χ1n) is 20.7. The van der Waals surface area contributed by atoms with Crippen molar-refractivity contribution < 1.29 is 8.83 Å². The van der Waals surface area contributed by atoms with E-state index in [0.29, 0.717) is 0 Å². The van der Waals surface area contributed by atoms with Crippen LogP contribution in [0.1, 0.15) is 22.6 Å². The minimum absolute atomic E-state index is 0.0760. The summed E-state index contributed by atoms with van der Waals surface area (Å²) in [5.41, 5.74) is 10.6. The lowest BCUT2D eigenvalue weighted by atomic mass is 9.82. The highest BCUT2D eigenvalue weighted by Crippen LogP contribution is 2.45. The Hall–Kier alpha value is -6.92. The average molecular weight is 928 g/mol. The van der Waals surface area contributed by atoms with Gasteiger partial charge in [-0.3, -0.25) is 0 Å². The third-order valence-corrected chi connectivity index (χ3v) is 12.9. The summed E-state index contributed by atoms with van der Waals surface area (Å²) in [5.74, 6) is 0.0760. The number of nitrogens with zero attached hydrogens (tertiary/aromatic N) is 1. The normalized spacial score (nSPS) is 11.5. The number of hydrogen-bond donors (Lipinski definition) is 0. The van der Waals surface area contributed by atoms with E-state index in [0.717, 1.165) is 64.5 Å². The minimum atomic E-state index is 0.0760. The summed E-state index contributed by atoms with van der Waals surface area (Å²) in [7, 11) is 0. The van der Waals surface area contributed by atoms with E-state index in [4.69, 9.17) is 8.83 Å². The summed E-state index contributed by atoms with van der Waals surface area (Å²) >= 11 is 7.11. The number of hydrogen-bond acceptors (Lipinski definition) is 3. The second-order valence-electron chi connectivity index (χ2n) is 15.4. The maximum absolute atomic E-state index is 6.76. The standard InChI is InChI=1S/C41H29NO.C16H8Br2O/c1-5-15-29(16-6-1)40(30-17-7-2-8-18-30)37-28-39-41(35-24-14-13-23-34(35)37)36-26-25-33(27-38(36)43-39)42(31-19-9-3-10-20-31)32-21-11-4-12-22-32;17-9-5-6-12-14(7-9)19-15-8-13(18)10-3-1-2-4-11(10)16(12)15/h1-28,40H;1-8H. The Morgan fingerprint density at radius 1 is 0.339 bits per heavy atom. The molecule has 0 atom stereocenters. The Balaban J connectivity index is 0.000000189. The third-order valence-electron chi connectivity index (χ3n) is 11.7. The smallest absolute Gasteiger partial charge is 0.137 e. The largest absolute Gasteiger partial charge is 0.456 e. The molecule has 0 spiro atoms. The molecule has 62 heavy (non-hydrogen) atoms. The van der Waals surface area contributed by atoms with Gasteiger partial charge in [-0.25, -0.2) is 0 Å². The number of furan rings is 2. The molecule has 2 heterocycles. The molecule has 2 aromatic heterocycles. The van der Waals surface area contributed by atoms with Crippen LogP contribution in [0, 0.1) is 0 Å². The Labute approximate surface area is 375 Å². The second kappa shape index (κ2) is 16.2. The topological polar surface area (TPSA) is 29.5 Å². The molecule has 12 aromatic rings. The van der Waals surface area contributed by atoms with Gasteiger partial charge in [-0.15, -0.1) is 0 Å². The van der Waals surface area contributed by atoms with Crippen LogP contribution in [0.3, 0.4) is 0 Å². The number of anilines is 3. The van der Waals surface area contributed by atoms with E-state index in [2.05, 4.69) is 237 Å². The lowest BCUT2D eigenvalue weighted by Gasteiger charge is -2.25. The molecule has 0 amide bonds. The van der Waals surface area contributed by atoms with Crippen LogP contribution in [0.25, 0.3) is 65.4 Å². The van der Waals surface area contributed by atoms with E-state index in [1.807, 2.05) is 18.2 Å². The number of benzene rings is 10. The lowest BCUT2D eigenvalue weighted by molar-refractivity contribution is 0.668. The quantitative estimate of drug-likeness (QED) is 0.156. The molecule has 0 bridgehead atoms. The van der Waals surface area contributed by atoms with Crippen LogP contribution in [-0.4, -0.2) is 0 Å². The highest BCUT2D eigenvalue weighted by molar-refractivity contribution is 9.11. The van der Waals surface area contributed by atoms with Crippen molar-refractivity contribution in [3.63, 3.8) is 0 Å². The SMILES string of the molecule is Brc1ccc2c(c1)oc1cc(Br)c3ccccc3c12.c1ccc(C(c2ccccc2)c2cc3oc4cc(N(c5ccccc5)c5ccccc5)ccc4c3c3ccccc23)cc1. The van der Waals surface area contributed by atoms with Gasteiger partial charge in [0.1, 0.15) is 22.3 Å². The van der Waals surface area contributed by atoms with Gasteiger partial charge in [0.15, 0.2) is 0 Å². The van der Waals surface area contributed by atoms with Crippen LogP contribution in [0.4, 0.5) is 17.1 Å². The molecule has 3 nitrogen and oxygen atoms in total. The van der Waals surface area contributed by atoms with Gasteiger partial charge in [0, 0.05) is 59.5 Å². The summed E-state index contributed by atoms with van der Waals surface area (Å²) in [6.07, 6.45) is 0. The maximum Gasteiger partial charge on any atom is 0.137 e. The predicted molar refractivity (Wildman–Crippen MR) is 266 cm³/mol. The molecule has 10 aromatic carbocycles. The molecule has 296 valence electrons. The summed E-state index contributed by atoms with van der Waals surface area (Å²) in [5, 5.41) is 9.50. The zero-order valence-electron chi connectivity index (χ0n) is 33.4. The molecular weight excluding hydrogens is 890 g/mol. The van der Waals surface area contributed by atoms with Gasteiger partial charge in [0.05, 0.1) is 0 Å². The first-order chi connectivity index (χ1) is 30.6. The Bertz CT molecular complexity index is 3470. The molecule has 0 unspecified atom stereocenters. The van der Waals surface area contributed by atoms with Gasteiger partial charge in [0.2, 0.25) is 0 Å². The van der Waals surface area contributed by atoms with Crippen molar-refractivity contribution in [3.05, 3.63) is 244 Å². The molecule has 0 saturated heterocycles. The van der Waals surface area contributed by atoms with Crippen LogP contribution >= 0.6 is 31.9 Å². The summed E-state index contributed by atoms with van der Waals surface area (Å²) in [6, 6.07) is 76.8. The molecule has 0 aliphatic heterocycles. The van der Waals surface area contributed by atoms with E-state index in [1.165, 1.54) is 43.6 Å². The Morgan fingerprint density at radius 2 is 0.790 bits per heavy atom. The van der Waals surface area contributed by atoms with Gasteiger partial charge < -0.3 is 13.7 Å². The maximum atomic E-state index is 6.76. The molecule has 12 rings (SSSR count). The van der Waals surface area contributed by atoms with Crippen molar-refractivity contribution in [3.8, 4) is 0 Å². The van der Waals surface area contributed by atoms with E-state index in [9.17, 15) is 0 Å². The summed E-state index contributed by atoms with van der Waals surface area (Å²) < 4.78 is 14.8. The molecule has 5 heteroatoms. The van der Waals surface area contributed by atoms with E-state index < -0.39 is 0 Å². The highest BCUT2D eigenvalue weighted by Gasteiger charge is 2.23. The van der Waals surface area contributed by atoms with Crippen LogP contribution in [-0.2, 0) is 0 Å². The van der Waals surface area contributed by atoms with Crippen LogP contribution in [0.15, 0.2) is 236 Å². The van der Waals surface area contributed by atoms with Gasteiger partial charge in [0.25, 0.3) is 0 Å². The first-order valence-corrected chi connectivity index (χ1v) is 22.2. The Kier molecular flexibility index (Phi) is 9.92. The number of rotatable bonds is 6. The van der Waals surface area contributed by atoms with E-state index in [1.54, 1.807) is 0 Å². The zero-order valence-corrected chi connectivity index (χ0v) is 36.6. The molecule has 0 N–H and O–H groups in total. The number of para-hydroxylation sites is 2. The fourth-order valence-corrected chi connectivity index (χ4v) is 9.94. The molecule has 0 fully saturated rings. The average Bonchev–Trinajstić information content (AvgIpc) is 3.88. The van der Waals surface area contributed by atoms with Crippen LogP contribution in [0.5, 0.6) is 0 Å². The van der Waals surface area contributed by atoms with Gasteiger partial charge in [-0.2, -0.15) is 0 Å². The van der Waals surface area contributed by atoms with Crippen molar-refractivity contribution in [2.45, 2.75) is 5.92 Å². The van der Waals surface area contributed by atoms with Crippen molar-refractivity contribution in [1.82, 2.24) is 0 Å². The highest BCUT2D eigenvalue weighted by atomic mass is 79.9. The predicted octanol–water partition coefficient (Wildman–Crippen LogP) is 17.7. The minimum Gasteiger partial charge on any atom is -0.456 e. The molecule has 0 aliphatic carbocycles.